The quantitative estimate of drug-likeness (QED) is 0.826. The topological polar surface area (TPSA) is 41.6 Å². The molecule has 3 rings (SSSR count). The lowest BCUT2D eigenvalue weighted by Gasteiger charge is -2.16. The van der Waals surface area contributed by atoms with E-state index in [1.54, 1.807) is 4.90 Å². The first-order valence-corrected chi connectivity index (χ1v) is 7.43. The third kappa shape index (κ3) is 3.73. The van der Waals surface area contributed by atoms with Gasteiger partial charge >= 0.3 is 0 Å². The molecule has 0 aromatic heterocycles. The largest absolute Gasteiger partial charge is 0.484 e. The number of likely N-dealkylation sites (N-methyl/N-ethyl adjacent to an activating group) is 1. The average molecular weight is 274 g/mol. The number of benzene rings is 1. The Bertz CT molecular complexity index is 481. The van der Waals surface area contributed by atoms with Crippen LogP contribution in [0, 0.1) is 0 Å². The van der Waals surface area contributed by atoms with Crippen molar-refractivity contribution in [3.63, 3.8) is 0 Å². The number of nitrogens with one attached hydrogen (secondary N) is 1. The predicted octanol–water partition coefficient (Wildman–Crippen LogP) is 1.94. The monoisotopic (exact) mass is 274 g/mol. The molecule has 0 heterocycles. The van der Waals surface area contributed by atoms with E-state index in [0.717, 1.165) is 25.1 Å². The third-order valence-electron chi connectivity index (χ3n) is 3.92. The van der Waals surface area contributed by atoms with Crippen molar-refractivity contribution >= 4 is 5.91 Å². The summed E-state index contributed by atoms with van der Waals surface area (Å²) in [7, 11) is 1.86. The molecule has 2 fully saturated rings. The van der Waals surface area contributed by atoms with E-state index < -0.39 is 0 Å². The second-order valence-electron chi connectivity index (χ2n) is 5.83. The molecule has 108 valence electrons. The summed E-state index contributed by atoms with van der Waals surface area (Å²) < 4.78 is 5.61. The highest BCUT2D eigenvalue weighted by Gasteiger charge is 2.29. The Morgan fingerprint density at radius 1 is 1.35 bits per heavy atom. The molecule has 0 aliphatic heterocycles. The number of rotatable bonds is 7. The first-order valence-electron chi connectivity index (χ1n) is 7.43. The van der Waals surface area contributed by atoms with Gasteiger partial charge in [0.2, 0.25) is 0 Å². The molecule has 0 unspecified atom stereocenters. The van der Waals surface area contributed by atoms with Crippen LogP contribution in [0.5, 0.6) is 5.75 Å². The van der Waals surface area contributed by atoms with Crippen molar-refractivity contribution in [2.75, 3.05) is 13.7 Å². The molecule has 2 aliphatic carbocycles. The molecular formula is C16H22N2O2. The van der Waals surface area contributed by atoms with Crippen LogP contribution in [-0.4, -0.2) is 36.5 Å². The maximum Gasteiger partial charge on any atom is 0.260 e. The van der Waals surface area contributed by atoms with Gasteiger partial charge in [-0.25, -0.2) is 0 Å². The molecule has 0 atom stereocenters. The van der Waals surface area contributed by atoms with Crippen molar-refractivity contribution in [2.24, 2.45) is 0 Å². The number of carbonyl (C=O) groups excluding carboxylic acids is 1. The van der Waals surface area contributed by atoms with Gasteiger partial charge in [0.1, 0.15) is 5.75 Å². The van der Waals surface area contributed by atoms with E-state index in [2.05, 4.69) is 11.4 Å². The van der Waals surface area contributed by atoms with E-state index in [0.29, 0.717) is 12.1 Å². The molecule has 1 aromatic rings. The van der Waals surface area contributed by atoms with Crippen molar-refractivity contribution in [1.82, 2.24) is 10.2 Å². The minimum Gasteiger partial charge on any atom is -0.484 e. The van der Waals surface area contributed by atoms with Crippen LogP contribution in [0.25, 0.3) is 0 Å². The van der Waals surface area contributed by atoms with E-state index in [1.165, 1.54) is 18.4 Å². The summed E-state index contributed by atoms with van der Waals surface area (Å²) in [6, 6.07) is 9.13. The van der Waals surface area contributed by atoms with Crippen molar-refractivity contribution in [3.05, 3.63) is 29.8 Å². The van der Waals surface area contributed by atoms with E-state index in [4.69, 9.17) is 4.74 Å². The van der Waals surface area contributed by atoms with Crippen LogP contribution >= 0.6 is 0 Å². The van der Waals surface area contributed by atoms with Gasteiger partial charge in [-0.15, -0.1) is 0 Å². The number of hydrogen-bond donors (Lipinski definition) is 1. The fourth-order valence-corrected chi connectivity index (χ4v) is 2.21. The maximum absolute atomic E-state index is 11.9. The third-order valence-corrected chi connectivity index (χ3v) is 3.92. The van der Waals surface area contributed by atoms with Crippen molar-refractivity contribution in [2.45, 2.75) is 44.3 Å². The van der Waals surface area contributed by atoms with Gasteiger partial charge in [-0.2, -0.15) is 0 Å². The van der Waals surface area contributed by atoms with Crippen molar-refractivity contribution in [1.29, 1.82) is 0 Å². The van der Waals surface area contributed by atoms with Gasteiger partial charge in [-0.05, 0) is 43.4 Å². The van der Waals surface area contributed by atoms with Crippen molar-refractivity contribution in [3.8, 4) is 5.75 Å². The Labute approximate surface area is 120 Å². The summed E-state index contributed by atoms with van der Waals surface area (Å²) in [5.74, 6) is 0.839. The second kappa shape index (κ2) is 5.83. The molecule has 1 amide bonds. The Kier molecular flexibility index (Phi) is 3.92. The smallest absolute Gasteiger partial charge is 0.260 e. The lowest BCUT2D eigenvalue weighted by molar-refractivity contribution is -0.132. The number of ether oxygens (including phenoxy) is 1. The standard InChI is InChI=1S/C16H22N2O2/c1-18(14-7-8-14)16(19)11-20-15-4-2-3-12(9-15)10-17-13-5-6-13/h2-4,9,13-14,17H,5-8,10-11H2,1H3. The highest BCUT2D eigenvalue weighted by molar-refractivity contribution is 5.78. The first-order chi connectivity index (χ1) is 9.72. The lowest BCUT2D eigenvalue weighted by Crippen LogP contribution is -2.33. The summed E-state index contributed by atoms with van der Waals surface area (Å²) >= 11 is 0. The predicted molar refractivity (Wildman–Crippen MR) is 77.6 cm³/mol. The van der Waals surface area contributed by atoms with Crippen LogP contribution in [-0.2, 0) is 11.3 Å². The molecule has 0 spiro atoms. The average Bonchev–Trinajstić information content (AvgIpc) is 3.35. The van der Waals surface area contributed by atoms with E-state index >= 15 is 0 Å². The summed E-state index contributed by atoms with van der Waals surface area (Å²) in [5.41, 5.74) is 1.21. The van der Waals surface area contributed by atoms with Gasteiger partial charge in [0, 0.05) is 25.7 Å². The Balaban J connectivity index is 1.48. The number of amides is 1. The first kappa shape index (κ1) is 13.4. The fourth-order valence-electron chi connectivity index (χ4n) is 2.21. The molecule has 0 saturated heterocycles. The summed E-state index contributed by atoms with van der Waals surface area (Å²) in [5, 5.41) is 3.48. The molecule has 0 radical (unpaired) electrons. The summed E-state index contributed by atoms with van der Waals surface area (Å²) in [6.45, 7) is 1.00. The Hall–Kier alpha value is -1.55. The van der Waals surface area contributed by atoms with Gasteiger partial charge in [0.05, 0.1) is 0 Å². The molecule has 20 heavy (non-hydrogen) atoms. The van der Waals surface area contributed by atoms with Crippen LogP contribution in [0.4, 0.5) is 0 Å². The molecular weight excluding hydrogens is 252 g/mol. The SMILES string of the molecule is CN(C(=O)COc1cccc(CNC2CC2)c1)C1CC1. The molecule has 4 nitrogen and oxygen atoms in total. The molecule has 1 aromatic carbocycles. The number of carbonyl (C=O) groups is 1. The lowest BCUT2D eigenvalue weighted by atomic mass is 10.2. The van der Waals surface area contributed by atoms with E-state index in [-0.39, 0.29) is 12.5 Å². The minimum absolute atomic E-state index is 0.0639. The van der Waals surface area contributed by atoms with E-state index in [9.17, 15) is 4.79 Å². The molecule has 0 bridgehead atoms. The Morgan fingerprint density at radius 2 is 2.15 bits per heavy atom. The van der Waals surface area contributed by atoms with Crippen LogP contribution < -0.4 is 10.1 Å². The van der Waals surface area contributed by atoms with Gasteiger partial charge in [0.15, 0.2) is 6.61 Å². The highest BCUT2D eigenvalue weighted by atomic mass is 16.5. The van der Waals surface area contributed by atoms with Crippen LogP contribution in [0.3, 0.4) is 0 Å². The van der Waals surface area contributed by atoms with Crippen molar-refractivity contribution < 1.29 is 9.53 Å². The zero-order valence-corrected chi connectivity index (χ0v) is 12.0. The van der Waals surface area contributed by atoms with Gasteiger partial charge in [0.25, 0.3) is 5.91 Å². The summed E-state index contributed by atoms with van der Waals surface area (Å²) in [4.78, 5) is 13.7. The summed E-state index contributed by atoms with van der Waals surface area (Å²) in [6.07, 6.45) is 4.84. The van der Waals surface area contributed by atoms with Crippen LogP contribution in [0.15, 0.2) is 24.3 Å². The van der Waals surface area contributed by atoms with Gasteiger partial charge in [-0.3, -0.25) is 4.79 Å². The fraction of sp³-hybridized carbons (Fsp3) is 0.562. The van der Waals surface area contributed by atoms with Crippen LogP contribution in [0.1, 0.15) is 31.2 Å². The molecule has 2 aliphatic rings. The van der Waals surface area contributed by atoms with Gasteiger partial charge in [-0.1, -0.05) is 12.1 Å². The minimum atomic E-state index is 0.0639. The van der Waals surface area contributed by atoms with Gasteiger partial charge < -0.3 is 15.0 Å². The zero-order valence-electron chi connectivity index (χ0n) is 12.0. The second-order valence-corrected chi connectivity index (χ2v) is 5.83. The molecule has 4 heteroatoms. The number of hydrogen-bond acceptors (Lipinski definition) is 3. The van der Waals surface area contributed by atoms with E-state index in [1.807, 2.05) is 25.2 Å². The molecule has 1 N–H and O–H groups in total. The highest BCUT2D eigenvalue weighted by Crippen LogP contribution is 2.25. The Morgan fingerprint density at radius 3 is 2.85 bits per heavy atom. The normalized spacial score (nSPS) is 17.9. The maximum atomic E-state index is 11.9. The molecule has 2 saturated carbocycles. The van der Waals surface area contributed by atoms with Crippen LogP contribution in [0.2, 0.25) is 0 Å². The zero-order chi connectivity index (χ0) is 13.9. The number of nitrogens with zero attached hydrogens (tertiary/aromatic N) is 1.